The van der Waals surface area contributed by atoms with Crippen molar-refractivity contribution in [2.24, 2.45) is 4.99 Å². The molecule has 1 aliphatic heterocycles. The third-order valence-electron chi connectivity index (χ3n) is 4.47. The summed E-state index contributed by atoms with van der Waals surface area (Å²) in [4.78, 5) is 10.2. The van der Waals surface area contributed by atoms with Crippen LogP contribution in [0.3, 0.4) is 0 Å². The van der Waals surface area contributed by atoms with Gasteiger partial charge >= 0.3 is 0 Å². The summed E-state index contributed by atoms with van der Waals surface area (Å²) in [6, 6.07) is 7.55. The topological polar surface area (TPSA) is 61.8 Å². The maximum Gasteiger partial charge on any atom is 0.213 e. The second kappa shape index (κ2) is 8.66. The Hall–Kier alpha value is -2.90. The quantitative estimate of drug-likeness (QED) is 0.620. The molecule has 0 bridgehead atoms. The minimum absolute atomic E-state index is 0.118. The Morgan fingerprint density at radius 2 is 2.19 bits per heavy atom. The highest BCUT2D eigenvalue weighted by atomic mass is 19.1. The van der Waals surface area contributed by atoms with Crippen LogP contribution in [0.25, 0.3) is 0 Å². The summed E-state index contributed by atoms with van der Waals surface area (Å²) in [6.07, 6.45) is 2.53. The van der Waals surface area contributed by atoms with Crippen LogP contribution in [-0.2, 0) is 6.54 Å². The van der Waals surface area contributed by atoms with Crippen molar-refractivity contribution in [3.8, 4) is 5.88 Å². The summed E-state index contributed by atoms with van der Waals surface area (Å²) in [7, 11) is 3.28. The molecule has 0 saturated carbocycles. The number of hydrogen-bond donors (Lipinski definition) is 2. The summed E-state index contributed by atoms with van der Waals surface area (Å²) in [5.74, 6) is 0.120. The molecule has 144 valence electrons. The van der Waals surface area contributed by atoms with Crippen LogP contribution in [0.4, 0.5) is 14.5 Å². The van der Waals surface area contributed by atoms with Gasteiger partial charge in [-0.15, -0.1) is 0 Å². The van der Waals surface area contributed by atoms with Crippen LogP contribution in [0, 0.1) is 11.6 Å². The van der Waals surface area contributed by atoms with E-state index >= 15 is 0 Å². The lowest BCUT2D eigenvalue weighted by molar-refractivity contribution is 0.397. The van der Waals surface area contributed by atoms with Gasteiger partial charge in [-0.2, -0.15) is 0 Å². The Balaban J connectivity index is 1.54. The van der Waals surface area contributed by atoms with E-state index in [0.29, 0.717) is 37.2 Å². The van der Waals surface area contributed by atoms with E-state index in [1.807, 2.05) is 17.0 Å². The molecule has 1 saturated heterocycles. The maximum atomic E-state index is 14.0. The van der Waals surface area contributed by atoms with Crippen molar-refractivity contribution in [3.63, 3.8) is 0 Å². The molecule has 1 aliphatic rings. The first-order valence-electron chi connectivity index (χ1n) is 8.75. The van der Waals surface area contributed by atoms with Gasteiger partial charge in [-0.3, -0.25) is 4.99 Å². The number of rotatable bonds is 5. The van der Waals surface area contributed by atoms with Crippen molar-refractivity contribution < 1.29 is 13.5 Å². The fourth-order valence-corrected chi connectivity index (χ4v) is 3.08. The highest BCUT2D eigenvalue weighted by Gasteiger charge is 2.25. The monoisotopic (exact) mass is 375 g/mol. The fourth-order valence-electron chi connectivity index (χ4n) is 3.08. The predicted molar refractivity (Wildman–Crippen MR) is 101 cm³/mol. The number of aliphatic imine (C=N–C) groups is 1. The molecule has 6 nitrogen and oxygen atoms in total. The summed E-state index contributed by atoms with van der Waals surface area (Å²) < 4.78 is 32.2. The molecule has 1 fully saturated rings. The number of guanidine groups is 1. The molecule has 1 aromatic carbocycles. The van der Waals surface area contributed by atoms with Crippen molar-refractivity contribution in [1.29, 1.82) is 0 Å². The molecule has 0 amide bonds. The molecule has 1 atom stereocenters. The Bertz CT molecular complexity index is 814. The molecule has 1 unspecified atom stereocenters. The Morgan fingerprint density at radius 3 is 2.93 bits per heavy atom. The lowest BCUT2D eigenvalue weighted by Crippen LogP contribution is -2.44. The number of pyridine rings is 1. The molecular formula is C19H23F2N5O. The van der Waals surface area contributed by atoms with Gasteiger partial charge in [-0.1, -0.05) is 0 Å². The normalized spacial score (nSPS) is 17.1. The number of methoxy groups -OCH3 is 1. The van der Waals surface area contributed by atoms with E-state index in [2.05, 4.69) is 20.6 Å². The molecule has 27 heavy (non-hydrogen) atoms. The lowest BCUT2D eigenvalue weighted by Gasteiger charge is -2.21. The van der Waals surface area contributed by atoms with E-state index < -0.39 is 11.6 Å². The van der Waals surface area contributed by atoms with Crippen molar-refractivity contribution in [1.82, 2.24) is 15.6 Å². The molecule has 0 radical (unpaired) electrons. The molecule has 0 aliphatic carbocycles. The van der Waals surface area contributed by atoms with Crippen LogP contribution >= 0.6 is 0 Å². The molecule has 8 heteroatoms. The zero-order valence-corrected chi connectivity index (χ0v) is 15.4. The van der Waals surface area contributed by atoms with Gasteiger partial charge in [0.25, 0.3) is 0 Å². The van der Waals surface area contributed by atoms with Crippen LogP contribution < -0.4 is 20.3 Å². The van der Waals surface area contributed by atoms with Crippen LogP contribution in [0.1, 0.15) is 12.0 Å². The van der Waals surface area contributed by atoms with Crippen LogP contribution in [0.2, 0.25) is 0 Å². The number of aromatic nitrogens is 1. The van der Waals surface area contributed by atoms with Gasteiger partial charge in [-0.05, 0) is 30.2 Å². The van der Waals surface area contributed by atoms with Gasteiger partial charge in [0.2, 0.25) is 5.88 Å². The third-order valence-corrected chi connectivity index (χ3v) is 4.47. The molecular weight excluding hydrogens is 352 g/mol. The molecule has 2 heterocycles. The van der Waals surface area contributed by atoms with Gasteiger partial charge in [0.1, 0.15) is 11.6 Å². The number of ether oxygens (including phenoxy) is 1. The number of anilines is 1. The smallest absolute Gasteiger partial charge is 0.213 e. The molecule has 2 aromatic rings. The van der Waals surface area contributed by atoms with E-state index in [1.165, 1.54) is 12.1 Å². The van der Waals surface area contributed by atoms with Gasteiger partial charge in [0.15, 0.2) is 5.96 Å². The highest BCUT2D eigenvalue weighted by Crippen LogP contribution is 2.24. The van der Waals surface area contributed by atoms with Crippen LogP contribution in [0.15, 0.2) is 41.5 Å². The Kier molecular flexibility index (Phi) is 6.05. The highest BCUT2D eigenvalue weighted by molar-refractivity contribution is 5.80. The first kappa shape index (κ1) is 18.9. The summed E-state index contributed by atoms with van der Waals surface area (Å²) in [5.41, 5.74) is 1.44. The zero-order valence-electron chi connectivity index (χ0n) is 15.4. The van der Waals surface area contributed by atoms with Crippen molar-refractivity contribution in [2.45, 2.75) is 19.0 Å². The van der Waals surface area contributed by atoms with E-state index in [4.69, 9.17) is 4.74 Å². The largest absolute Gasteiger partial charge is 0.481 e. The number of hydrogen-bond acceptors (Lipinski definition) is 4. The Morgan fingerprint density at radius 1 is 1.33 bits per heavy atom. The van der Waals surface area contributed by atoms with Crippen LogP contribution in [0.5, 0.6) is 5.88 Å². The van der Waals surface area contributed by atoms with Gasteiger partial charge in [-0.25, -0.2) is 13.8 Å². The van der Waals surface area contributed by atoms with Crippen molar-refractivity contribution in [3.05, 3.63) is 53.7 Å². The average molecular weight is 375 g/mol. The van der Waals surface area contributed by atoms with Gasteiger partial charge in [0, 0.05) is 51.1 Å². The first-order valence-corrected chi connectivity index (χ1v) is 8.75. The van der Waals surface area contributed by atoms with Crippen molar-refractivity contribution in [2.75, 3.05) is 32.1 Å². The minimum atomic E-state index is -0.567. The molecule has 3 rings (SSSR count). The van der Waals surface area contributed by atoms with Gasteiger partial charge in [0.05, 0.1) is 12.8 Å². The molecule has 0 spiro atoms. The Labute approximate surface area is 157 Å². The second-order valence-corrected chi connectivity index (χ2v) is 6.30. The summed E-state index contributed by atoms with van der Waals surface area (Å²) >= 11 is 0. The fraction of sp³-hybridized carbons (Fsp3) is 0.368. The number of halogens is 2. The second-order valence-electron chi connectivity index (χ2n) is 6.30. The van der Waals surface area contributed by atoms with E-state index in [-0.39, 0.29) is 6.04 Å². The standard InChI is InChI=1S/C19H23F2N5O/c1-22-19(24-11-13-5-7-23-18(9-13)27-2)25-15-6-8-26(12-15)17-4-3-14(20)10-16(17)21/h3-5,7,9-10,15H,6,8,11-12H2,1-2H3,(H2,22,24,25). The number of nitrogens with zero attached hydrogens (tertiary/aromatic N) is 3. The van der Waals surface area contributed by atoms with Crippen LogP contribution in [-0.4, -0.2) is 44.2 Å². The van der Waals surface area contributed by atoms with Gasteiger partial charge < -0.3 is 20.3 Å². The summed E-state index contributed by atoms with van der Waals surface area (Å²) in [5, 5.41) is 6.60. The number of nitrogens with one attached hydrogen (secondary N) is 2. The lowest BCUT2D eigenvalue weighted by atomic mass is 10.2. The molecule has 2 N–H and O–H groups in total. The van der Waals surface area contributed by atoms with Crippen molar-refractivity contribution >= 4 is 11.6 Å². The summed E-state index contributed by atoms with van der Waals surface area (Å²) in [6.45, 7) is 1.88. The van der Waals surface area contributed by atoms with E-state index in [1.54, 1.807) is 20.4 Å². The SMILES string of the molecule is CN=C(NCc1ccnc(OC)c1)NC1CCN(c2ccc(F)cc2F)C1. The van der Waals surface area contributed by atoms with E-state index in [0.717, 1.165) is 18.1 Å². The van der Waals surface area contributed by atoms with E-state index in [9.17, 15) is 8.78 Å². The first-order chi connectivity index (χ1) is 13.1. The third kappa shape index (κ3) is 4.84. The predicted octanol–water partition coefficient (Wildman–Crippen LogP) is 2.31. The maximum absolute atomic E-state index is 14.0. The molecule has 1 aromatic heterocycles. The number of benzene rings is 1. The minimum Gasteiger partial charge on any atom is -0.481 e. The average Bonchev–Trinajstić information content (AvgIpc) is 3.13. The zero-order chi connectivity index (χ0) is 19.2.